The third-order valence-corrected chi connectivity index (χ3v) is 7.90. The number of anilines is 1. The van der Waals surface area contributed by atoms with Crippen LogP contribution in [-0.4, -0.2) is 37.0 Å². The third kappa shape index (κ3) is 5.61. The Morgan fingerprint density at radius 2 is 2.06 bits per heavy atom. The molecule has 1 aliphatic rings. The summed E-state index contributed by atoms with van der Waals surface area (Å²) in [5.74, 6) is 0.801. The average Bonchev–Trinajstić information content (AvgIpc) is 3.29. The molecule has 4 rings (SSSR count). The van der Waals surface area contributed by atoms with Gasteiger partial charge in [-0.25, -0.2) is 13.4 Å². The van der Waals surface area contributed by atoms with Gasteiger partial charge in [0.05, 0.1) is 15.4 Å². The Bertz CT molecular complexity index is 1120. The number of aromatic nitrogens is 1. The lowest BCUT2D eigenvalue weighted by molar-refractivity contribution is 0.0492. The van der Waals surface area contributed by atoms with Gasteiger partial charge in [0.25, 0.3) is 10.0 Å². The van der Waals surface area contributed by atoms with Gasteiger partial charge in [0.1, 0.15) is 11.9 Å². The summed E-state index contributed by atoms with van der Waals surface area (Å²) in [6, 6.07) is 15.5. The molecule has 0 radical (unpaired) electrons. The molecule has 3 aromatic rings. The van der Waals surface area contributed by atoms with Crippen molar-refractivity contribution in [3.05, 3.63) is 70.0 Å². The molecule has 1 saturated heterocycles. The third-order valence-electron chi connectivity index (χ3n) is 5.67. The zero-order valence-corrected chi connectivity index (χ0v) is 20.2. The number of rotatable bonds is 8. The van der Waals surface area contributed by atoms with E-state index in [1.54, 1.807) is 17.0 Å². The highest BCUT2D eigenvalue weighted by molar-refractivity contribution is 7.92. The van der Waals surface area contributed by atoms with E-state index < -0.39 is 10.0 Å². The standard InChI is InChI=1S/C23H26ClN3O3S2/c1-2-18-12-19(10-11-27(18)14-17-6-4-3-5-7-17)30-22-9-8-20(13-21(22)24)32(28,29)26-23-15-31-16-25-23/h3-9,13,15-16,18-19,26H,2,10-12,14H2,1H3/t18-,19+/m1/s1. The second-order valence-corrected chi connectivity index (χ2v) is 10.7. The first-order valence-electron chi connectivity index (χ1n) is 10.6. The number of ether oxygens (including phenoxy) is 1. The average molecular weight is 492 g/mol. The summed E-state index contributed by atoms with van der Waals surface area (Å²) in [6.45, 7) is 4.08. The van der Waals surface area contributed by atoms with E-state index in [-0.39, 0.29) is 16.0 Å². The van der Waals surface area contributed by atoms with Crippen LogP contribution in [0, 0.1) is 0 Å². The van der Waals surface area contributed by atoms with Crippen molar-refractivity contribution < 1.29 is 13.2 Å². The molecule has 1 N–H and O–H groups in total. The Morgan fingerprint density at radius 1 is 1.25 bits per heavy atom. The van der Waals surface area contributed by atoms with E-state index in [1.165, 1.54) is 29.0 Å². The number of benzene rings is 2. The Kier molecular flexibility index (Phi) is 7.35. The van der Waals surface area contributed by atoms with Crippen molar-refractivity contribution in [2.24, 2.45) is 0 Å². The van der Waals surface area contributed by atoms with Crippen LogP contribution in [0.1, 0.15) is 31.7 Å². The normalized spacial score (nSPS) is 19.6. The Labute approximate surface area is 198 Å². The van der Waals surface area contributed by atoms with Gasteiger partial charge in [0.15, 0.2) is 5.82 Å². The van der Waals surface area contributed by atoms with Crippen LogP contribution in [0.25, 0.3) is 0 Å². The summed E-state index contributed by atoms with van der Waals surface area (Å²) in [4.78, 5) is 6.54. The molecule has 0 amide bonds. The van der Waals surface area contributed by atoms with Crippen molar-refractivity contribution in [2.75, 3.05) is 11.3 Å². The van der Waals surface area contributed by atoms with Gasteiger partial charge in [-0.05, 0) is 43.0 Å². The van der Waals surface area contributed by atoms with Crippen LogP contribution in [0.4, 0.5) is 5.82 Å². The fourth-order valence-electron chi connectivity index (χ4n) is 4.00. The highest BCUT2D eigenvalue weighted by Gasteiger charge is 2.29. The molecule has 1 aromatic heterocycles. The van der Waals surface area contributed by atoms with Gasteiger partial charge in [-0.2, -0.15) is 0 Å². The fraction of sp³-hybridized carbons (Fsp3) is 0.348. The van der Waals surface area contributed by atoms with Gasteiger partial charge in [-0.1, -0.05) is 48.9 Å². The number of sulfonamides is 1. The number of thiazole rings is 1. The Balaban J connectivity index is 1.40. The second-order valence-electron chi connectivity index (χ2n) is 7.85. The summed E-state index contributed by atoms with van der Waals surface area (Å²) in [5, 5.41) is 1.91. The van der Waals surface area contributed by atoms with Crippen molar-refractivity contribution in [3.8, 4) is 5.75 Å². The fourth-order valence-corrected chi connectivity index (χ4v) is 5.88. The molecule has 0 spiro atoms. The highest BCUT2D eigenvalue weighted by atomic mass is 35.5. The van der Waals surface area contributed by atoms with Crippen LogP contribution in [0.2, 0.25) is 5.02 Å². The number of likely N-dealkylation sites (tertiary alicyclic amines) is 1. The minimum Gasteiger partial charge on any atom is -0.489 e. The van der Waals surface area contributed by atoms with Gasteiger partial charge in [-0.3, -0.25) is 9.62 Å². The number of nitrogens with one attached hydrogen (secondary N) is 1. The molecule has 0 aliphatic carbocycles. The second kappa shape index (κ2) is 10.2. The van der Waals surface area contributed by atoms with Gasteiger partial charge in [-0.15, -0.1) is 11.3 Å². The lowest BCUT2D eigenvalue weighted by Gasteiger charge is -2.39. The number of hydrogen-bond donors (Lipinski definition) is 1. The predicted molar refractivity (Wildman–Crippen MR) is 129 cm³/mol. The predicted octanol–water partition coefficient (Wildman–Crippen LogP) is 5.42. The maximum Gasteiger partial charge on any atom is 0.263 e. The molecule has 0 unspecified atom stereocenters. The van der Waals surface area contributed by atoms with E-state index in [0.29, 0.717) is 17.6 Å². The van der Waals surface area contributed by atoms with E-state index in [9.17, 15) is 8.42 Å². The van der Waals surface area contributed by atoms with E-state index in [0.717, 1.165) is 32.4 Å². The summed E-state index contributed by atoms with van der Waals surface area (Å²) >= 11 is 7.72. The number of nitrogens with zero attached hydrogens (tertiary/aromatic N) is 2. The highest BCUT2D eigenvalue weighted by Crippen LogP contribution is 2.32. The summed E-state index contributed by atoms with van der Waals surface area (Å²) in [5.41, 5.74) is 2.88. The van der Waals surface area contributed by atoms with E-state index in [2.05, 4.69) is 45.8 Å². The molecule has 0 saturated carbocycles. The van der Waals surface area contributed by atoms with Crippen LogP contribution in [-0.2, 0) is 16.6 Å². The van der Waals surface area contributed by atoms with Crippen molar-refractivity contribution >= 4 is 38.8 Å². The van der Waals surface area contributed by atoms with Crippen LogP contribution in [0.15, 0.2) is 64.3 Å². The molecule has 1 aliphatic heterocycles. The molecule has 170 valence electrons. The van der Waals surface area contributed by atoms with E-state index >= 15 is 0 Å². The van der Waals surface area contributed by atoms with E-state index in [1.807, 2.05) is 6.07 Å². The quantitative estimate of drug-likeness (QED) is 0.455. The molecular weight excluding hydrogens is 466 g/mol. The van der Waals surface area contributed by atoms with Crippen LogP contribution in [0.3, 0.4) is 0 Å². The molecule has 0 bridgehead atoms. The zero-order valence-electron chi connectivity index (χ0n) is 17.8. The number of piperidine rings is 1. The summed E-state index contributed by atoms with van der Waals surface area (Å²) in [7, 11) is -3.76. The van der Waals surface area contributed by atoms with Crippen molar-refractivity contribution in [1.82, 2.24) is 9.88 Å². The first kappa shape index (κ1) is 23.0. The maximum atomic E-state index is 12.6. The Hall–Kier alpha value is -2.13. The van der Waals surface area contributed by atoms with Crippen LogP contribution >= 0.6 is 22.9 Å². The van der Waals surface area contributed by atoms with Crippen molar-refractivity contribution in [1.29, 1.82) is 0 Å². The monoisotopic (exact) mass is 491 g/mol. The smallest absolute Gasteiger partial charge is 0.263 e. The molecular formula is C23H26ClN3O3S2. The first-order valence-corrected chi connectivity index (χ1v) is 13.4. The molecule has 32 heavy (non-hydrogen) atoms. The maximum absolute atomic E-state index is 12.6. The van der Waals surface area contributed by atoms with Crippen molar-refractivity contribution in [3.63, 3.8) is 0 Å². The summed E-state index contributed by atoms with van der Waals surface area (Å²) < 4.78 is 33.8. The molecule has 9 heteroatoms. The molecule has 2 aromatic carbocycles. The largest absolute Gasteiger partial charge is 0.489 e. The number of hydrogen-bond acceptors (Lipinski definition) is 6. The lowest BCUT2D eigenvalue weighted by Crippen LogP contribution is -2.45. The lowest BCUT2D eigenvalue weighted by atomic mass is 9.96. The molecule has 2 atom stereocenters. The van der Waals surface area contributed by atoms with Gasteiger partial charge < -0.3 is 4.74 Å². The Morgan fingerprint density at radius 3 is 2.75 bits per heavy atom. The number of halogens is 1. The zero-order chi connectivity index (χ0) is 22.6. The van der Waals surface area contributed by atoms with Gasteiger partial charge in [0, 0.05) is 24.5 Å². The first-order chi connectivity index (χ1) is 15.4. The summed E-state index contributed by atoms with van der Waals surface area (Å²) in [6.07, 6.45) is 2.89. The molecule has 2 heterocycles. The minimum atomic E-state index is -3.76. The van der Waals surface area contributed by atoms with Crippen molar-refractivity contribution in [2.45, 2.75) is 49.8 Å². The molecule has 1 fully saturated rings. The topological polar surface area (TPSA) is 71.5 Å². The van der Waals surface area contributed by atoms with Crippen LogP contribution < -0.4 is 9.46 Å². The van der Waals surface area contributed by atoms with Crippen LogP contribution in [0.5, 0.6) is 5.75 Å². The SMILES string of the molecule is CC[C@@H]1C[C@@H](Oc2ccc(S(=O)(=O)Nc3cscn3)cc2Cl)CCN1Cc1ccccc1. The van der Waals surface area contributed by atoms with E-state index in [4.69, 9.17) is 16.3 Å². The molecule has 6 nitrogen and oxygen atoms in total. The minimum absolute atomic E-state index is 0.0417. The van der Waals surface area contributed by atoms with Gasteiger partial charge >= 0.3 is 0 Å². The van der Waals surface area contributed by atoms with Gasteiger partial charge in [0.2, 0.25) is 0 Å².